The molecule has 1 N–H and O–H groups in total. The molecule has 2 rings (SSSR count). The summed E-state index contributed by atoms with van der Waals surface area (Å²) in [5.41, 5.74) is 0.473. The summed E-state index contributed by atoms with van der Waals surface area (Å²) < 4.78 is 13.5. The largest absolute Gasteiger partial charge is 0.362 e. The summed E-state index contributed by atoms with van der Waals surface area (Å²) in [6, 6.07) is 6.57. The number of halogens is 2. The minimum absolute atomic E-state index is 0.0220. The van der Waals surface area contributed by atoms with Crippen molar-refractivity contribution in [1.29, 1.82) is 0 Å². The third-order valence-corrected chi connectivity index (χ3v) is 2.86. The molecule has 0 fully saturated rings. The van der Waals surface area contributed by atoms with Crippen molar-refractivity contribution in [3.05, 3.63) is 46.9 Å². The van der Waals surface area contributed by atoms with Crippen molar-refractivity contribution in [3.8, 4) is 0 Å². The molecule has 1 atom stereocenters. The van der Waals surface area contributed by atoms with Gasteiger partial charge in [0.2, 0.25) is 0 Å². The molecule has 0 saturated heterocycles. The van der Waals surface area contributed by atoms with Crippen LogP contribution in [0.25, 0.3) is 0 Å². The molecule has 1 aliphatic rings. The van der Waals surface area contributed by atoms with Crippen LogP contribution >= 0.6 is 11.6 Å². The molecule has 1 aromatic rings. The molecular formula is C12H12ClFN2. The van der Waals surface area contributed by atoms with Crippen LogP contribution in [0.3, 0.4) is 0 Å². The van der Waals surface area contributed by atoms with E-state index in [0.717, 1.165) is 6.42 Å². The van der Waals surface area contributed by atoms with Gasteiger partial charge in [0.25, 0.3) is 0 Å². The van der Waals surface area contributed by atoms with Gasteiger partial charge in [0.1, 0.15) is 11.7 Å². The second kappa shape index (κ2) is 4.66. The molecule has 84 valence electrons. The van der Waals surface area contributed by atoms with Crippen LogP contribution < -0.4 is 5.32 Å². The number of hydrogen-bond acceptors (Lipinski definition) is 2. The van der Waals surface area contributed by atoms with E-state index in [1.54, 1.807) is 24.4 Å². The number of amidine groups is 1. The Kier molecular flexibility index (Phi) is 3.25. The molecule has 0 radical (unpaired) electrons. The van der Waals surface area contributed by atoms with Crippen molar-refractivity contribution in [2.75, 3.05) is 0 Å². The van der Waals surface area contributed by atoms with Crippen molar-refractivity contribution < 1.29 is 4.39 Å². The third kappa shape index (κ3) is 2.09. The number of aliphatic imine (C=N–C) groups is 1. The Labute approximate surface area is 98.8 Å². The van der Waals surface area contributed by atoms with E-state index in [1.165, 1.54) is 6.07 Å². The normalized spacial score (nSPS) is 19.8. The Balaban J connectivity index is 2.34. The summed E-state index contributed by atoms with van der Waals surface area (Å²) in [6.07, 6.45) is 2.41. The van der Waals surface area contributed by atoms with E-state index in [4.69, 9.17) is 11.6 Å². The monoisotopic (exact) mass is 238 g/mol. The second-order valence-corrected chi connectivity index (χ2v) is 4.01. The topological polar surface area (TPSA) is 24.4 Å². The van der Waals surface area contributed by atoms with Crippen molar-refractivity contribution >= 4 is 17.4 Å². The lowest BCUT2D eigenvalue weighted by molar-refractivity contribution is 0.619. The molecule has 1 aromatic carbocycles. The van der Waals surface area contributed by atoms with Crippen molar-refractivity contribution in [3.63, 3.8) is 0 Å². The van der Waals surface area contributed by atoms with Crippen LogP contribution in [0, 0.1) is 5.82 Å². The van der Waals surface area contributed by atoms with Gasteiger partial charge in [-0.3, -0.25) is 0 Å². The smallest absolute Gasteiger partial charge is 0.136 e. The van der Waals surface area contributed by atoms with E-state index in [2.05, 4.69) is 10.3 Å². The summed E-state index contributed by atoms with van der Waals surface area (Å²) >= 11 is 5.97. The van der Waals surface area contributed by atoms with Gasteiger partial charge in [-0.15, -0.1) is 0 Å². The standard InChI is InChI=1S/C12H12ClFN2/c1-2-11-9(13)7-15-12(16-11)8-5-3-4-6-10(8)14/h3-7,11H,2H2,1H3,(H,15,16). The van der Waals surface area contributed by atoms with Gasteiger partial charge in [-0.25, -0.2) is 9.38 Å². The summed E-state index contributed by atoms with van der Waals surface area (Å²) in [7, 11) is 0. The van der Waals surface area contributed by atoms with Crippen molar-refractivity contribution in [1.82, 2.24) is 5.32 Å². The summed E-state index contributed by atoms with van der Waals surface area (Å²) in [6.45, 7) is 2.01. The lowest BCUT2D eigenvalue weighted by Gasteiger charge is -2.22. The van der Waals surface area contributed by atoms with Crippen LogP contribution in [0.4, 0.5) is 4.39 Å². The minimum Gasteiger partial charge on any atom is -0.362 e. The van der Waals surface area contributed by atoms with Gasteiger partial charge in [-0.05, 0) is 18.6 Å². The van der Waals surface area contributed by atoms with Crippen LogP contribution in [0.1, 0.15) is 18.9 Å². The van der Waals surface area contributed by atoms with E-state index in [-0.39, 0.29) is 11.9 Å². The maximum atomic E-state index is 13.5. The second-order valence-electron chi connectivity index (χ2n) is 3.58. The predicted molar refractivity (Wildman–Crippen MR) is 64.1 cm³/mol. The molecule has 1 aliphatic heterocycles. The van der Waals surface area contributed by atoms with Crippen LogP contribution in [0.2, 0.25) is 0 Å². The van der Waals surface area contributed by atoms with Gasteiger partial charge < -0.3 is 5.32 Å². The predicted octanol–water partition coefficient (Wildman–Crippen LogP) is 3.03. The zero-order valence-corrected chi connectivity index (χ0v) is 9.63. The molecule has 0 amide bonds. The first-order chi connectivity index (χ1) is 7.72. The fourth-order valence-corrected chi connectivity index (χ4v) is 1.84. The SMILES string of the molecule is CCC1NC(c2ccccc2F)=NC=C1Cl. The quantitative estimate of drug-likeness (QED) is 0.842. The highest BCUT2D eigenvalue weighted by molar-refractivity contribution is 6.30. The molecule has 1 unspecified atom stereocenters. The number of nitrogens with one attached hydrogen (secondary N) is 1. The van der Waals surface area contributed by atoms with E-state index in [1.807, 2.05) is 6.92 Å². The van der Waals surface area contributed by atoms with Crippen LogP contribution in [0.5, 0.6) is 0 Å². The van der Waals surface area contributed by atoms with E-state index < -0.39 is 0 Å². The summed E-state index contributed by atoms with van der Waals surface area (Å²) in [5.74, 6) is 0.254. The molecular weight excluding hydrogens is 227 g/mol. The van der Waals surface area contributed by atoms with Gasteiger partial charge in [0.15, 0.2) is 0 Å². The minimum atomic E-state index is -0.282. The number of rotatable bonds is 2. The lowest BCUT2D eigenvalue weighted by atomic mass is 10.1. The number of hydrogen-bond donors (Lipinski definition) is 1. The fourth-order valence-electron chi connectivity index (χ4n) is 1.59. The van der Waals surface area contributed by atoms with Gasteiger partial charge in [-0.1, -0.05) is 30.7 Å². The first-order valence-corrected chi connectivity index (χ1v) is 5.55. The van der Waals surface area contributed by atoms with Gasteiger partial charge >= 0.3 is 0 Å². The van der Waals surface area contributed by atoms with E-state index in [0.29, 0.717) is 16.4 Å². The Morgan fingerprint density at radius 1 is 1.44 bits per heavy atom. The Bertz CT molecular complexity index is 454. The maximum absolute atomic E-state index is 13.5. The average molecular weight is 239 g/mol. The summed E-state index contributed by atoms with van der Waals surface area (Å²) in [4.78, 5) is 4.11. The molecule has 16 heavy (non-hydrogen) atoms. The lowest BCUT2D eigenvalue weighted by Crippen LogP contribution is -2.37. The molecule has 0 bridgehead atoms. The van der Waals surface area contributed by atoms with Crippen LogP contribution in [-0.2, 0) is 0 Å². The molecule has 0 spiro atoms. The zero-order valence-electron chi connectivity index (χ0n) is 8.87. The highest BCUT2D eigenvalue weighted by Crippen LogP contribution is 2.18. The fraction of sp³-hybridized carbons (Fsp3) is 0.250. The van der Waals surface area contributed by atoms with Crippen LogP contribution in [-0.4, -0.2) is 11.9 Å². The van der Waals surface area contributed by atoms with Crippen LogP contribution in [0.15, 0.2) is 40.5 Å². The maximum Gasteiger partial charge on any atom is 0.136 e. The Hall–Kier alpha value is -1.35. The summed E-state index contributed by atoms with van der Waals surface area (Å²) in [5, 5.41) is 3.77. The molecule has 1 heterocycles. The first kappa shape index (κ1) is 11.1. The third-order valence-electron chi connectivity index (χ3n) is 2.50. The molecule has 0 saturated carbocycles. The zero-order chi connectivity index (χ0) is 11.5. The van der Waals surface area contributed by atoms with Crippen molar-refractivity contribution in [2.45, 2.75) is 19.4 Å². The van der Waals surface area contributed by atoms with Gasteiger partial charge in [0, 0.05) is 6.20 Å². The average Bonchev–Trinajstić information content (AvgIpc) is 2.31. The van der Waals surface area contributed by atoms with E-state index in [9.17, 15) is 4.39 Å². The molecule has 4 heteroatoms. The highest BCUT2D eigenvalue weighted by atomic mass is 35.5. The van der Waals surface area contributed by atoms with Gasteiger partial charge in [-0.2, -0.15) is 0 Å². The molecule has 0 aliphatic carbocycles. The molecule has 0 aromatic heterocycles. The van der Waals surface area contributed by atoms with Gasteiger partial charge in [0.05, 0.1) is 16.6 Å². The first-order valence-electron chi connectivity index (χ1n) is 5.17. The highest BCUT2D eigenvalue weighted by Gasteiger charge is 2.18. The number of nitrogens with zero attached hydrogens (tertiary/aromatic N) is 1. The van der Waals surface area contributed by atoms with Crippen molar-refractivity contribution in [2.24, 2.45) is 4.99 Å². The van der Waals surface area contributed by atoms with E-state index >= 15 is 0 Å². The number of benzene rings is 1. The molecule has 2 nitrogen and oxygen atoms in total. The Morgan fingerprint density at radius 3 is 2.88 bits per heavy atom. The Morgan fingerprint density at radius 2 is 2.19 bits per heavy atom.